The van der Waals surface area contributed by atoms with E-state index in [1.165, 1.54) is 29.0 Å². The van der Waals surface area contributed by atoms with Crippen LogP contribution >= 0.6 is 0 Å². The number of aromatic nitrogens is 2. The minimum Gasteiger partial charge on any atom is -0.397 e. The average Bonchev–Trinajstić information content (AvgIpc) is 3.26. The number of carbonyl (C=O) groups is 2. The van der Waals surface area contributed by atoms with Crippen molar-refractivity contribution in [1.29, 1.82) is 0 Å². The average molecular weight is 382 g/mol. The summed E-state index contributed by atoms with van der Waals surface area (Å²) in [5, 5.41) is 4.26. The Kier molecular flexibility index (Phi) is 5.71. The lowest BCUT2D eigenvalue weighted by atomic mass is 10.1. The van der Waals surface area contributed by atoms with E-state index in [1.807, 2.05) is 12.4 Å². The first-order valence-electron chi connectivity index (χ1n) is 10.1. The van der Waals surface area contributed by atoms with Gasteiger partial charge in [0.2, 0.25) is 0 Å². The van der Waals surface area contributed by atoms with E-state index in [-0.39, 0.29) is 11.8 Å². The van der Waals surface area contributed by atoms with Gasteiger partial charge in [0.25, 0.3) is 11.8 Å². The van der Waals surface area contributed by atoms with Crippen LogP contribution in [0.25, 0.3) is 0 Å². The summed E-state index contributed by atoms with van der Waals surface area (Å²) < 4.78 is 0. The number of benzene rings is 1. The Morgan fingerprint density at radius 1 is 0.964 bits per heavy atom. The van der Waals surface area contributed by atoms with Gasteiger partial charge in [-0.15, -0.1) is 9.94 Å². The monoisotopic (exact) mass is 382 g/mol. The smallest absolute Gasteiger partial charge is 0.261 e. The van der Waals surface area contributed by atoms with Gasteiger partial charge in [0.15, 0.2) is 0 Å². The molecular weight excluding hydrogens is 356 g/mol. The van der Waals surface area contributed by atoms with Crippen LogP contribution in [0.4, 0.5) is 0 Å². The Bertz CT molecular complexity index is 807. The molecule has 0 atom stereocenters. The molecule has 4 rings (SSSR count). The maximum Gasteiger partial charge on any atom is 0.261 e. The highest BCUT2D eigenvalue weighted by Gasteiger charge is 2.34. The van der Waals surface area contributed by atoms with E-state index >= 15 is 0 Å². The predicted octanol–water partition coefficient (Wildman–Crippen LogP) is 2.37. The molecule has 7 heteroatoms. The fourth-order valence-electron chi connectivity index (χ4n) is 3.84. The van der Waals surface area contributed by atoms with Crippen LogP contribution in [0.1, 0.15) is 58.4 Å². The van der Waals surface area contributed by atoms with E-state index in [0.29, 0.717) is 30.7 Å². The Balaban J connectivity index is 1.18. The number of hydrogen-bond acceptors (Lipinski definition) is 5. The van der Waals surface area contributed by atoms with Gasteiger partial charge in [0.1, 0.15) is 6.61 Å². The highest BCUT2D eigenvalue weighted by atomic mass is 16.7. The van der Waals surface area contributed by atoms with Gasteiger partial charge >= 0.3 is 0 Å². The van der Waals surface area contributed by atoms with Crippen molar-refractivity contribution < 1.29 is 14.4 Å². The lowest BCUT2D eigenvalue weighted by molar-refractivity contribution is 0.0620. The molecule has 1 saturated heterocycles. The molecule has 0 radical (unpaired) electrons. The summed E-state index contributed by atoms with van der Waals surface area (Å²) in [5.74, 6) is -0.396. The molecule has 0 bridgehead atoms. The molecule has 2 aliphatic heterocycles. The Labute approximate surface area is 164 Å². The van der Waals surface area contributed by atoms with Crippen molar-refractivity contribution in [3.63, 3.8) is 0 Å². The maximum absolute atomic E-state index is 12.3. The summed E-state index contributed by atoms with van der Waals surface area (Å²) in [5.41, 5.74) is 2.16. The molecule has 3 heterocycles. The van der Waals surface area contributed by atoms with Gasteiger partial charge in [0, 0.05) is 18.7 Å². The number of rotatable bonds is 8. The molecule has 2 amide bonds. The fraction of sp³-hybridized carbons (Fsp3) is 0.476. The summed E-state index contributed by atoms with van der Waals surface area (Å²) in [6.45, 7) is 4.14. The number of unbranched alkanes of at least 4 members (excludes halogenated alkanes) is 1. The Hall–Kier alpha value is -2.67. The zero-order valence-corrected chi connectivity index (χ0v) is 16.0. The second-order valence-corrected chi connectivity index (χ2v) is 7.44. The number of hydrogen-bond donors (Lipinski definition) is 0. The van der Waals surface area contributed by atoms with Crippen molar-refractivity contribution in [2.24, 2.45) is 0 Å². The summed E-state index contributed by atoms with van der Waals surface area (Å²) in [6.07, 6.45) is 9.11. The zero-order chi connectivity index (χ0) is 19.3. The number of likely N-dealkylation sites (tertiary alicyclic amines) is 1. The molecular formula is C21H26N4O3. The minimum atomic E-state index is -0.198. The van der Waals surface area contributed by atoms with E-state index < -0.39 is 0 Å². The van der Waals surface area contributed by atoms with E-state index in [0.717, 1.165) is 31.6 Å². The highest BCUT2D eigenvalue weighted by Crippen LogP contribution is 2.22. The van der Waals surface area contributed by atoms with Gasteiger partial charge in [-0.2, -0.15) is 0 Å². The number of nitrogens with zero attached hydrogens (tertiary/aromatic N) is 4. The molecule has 1 fully saturated rings. The first-order chi connectivity index (χ1) is 13.7. The molecule has 0 unspecified atom stereocenters. The second-order valence-electron chi connectivity index (χ2n) is 7.44. The Morgan fingerprint density at radius 3 is 2.39 bits per heavy atom. The first kappa shape index (κ1) is 18.7. The number of imide groups is 1. The molecule has 1 aromatic carbocycles. The van der Waals surface area contributed by atoms with Crippen LogP contribution in [0, 0.1) is 0 Å². The summed E-state index contributed by atoms with van der Waals surface area (Å²) in [7, 11) is 0. The highest BCUT2D eigenvalue weighted by molar-refractivity contribution is 6.21. The van der Waals surface area contributed by atoms with Crippen LogP contribution in [0.5, 0.6) is 0 Å². The van der Waals surface area contributed by atoms with Crippen molar-refractivity contribution in [2.45, 2.75) is 38.6 Å². The molecule has 0 saturated carbocycles. The molecule has 1 aromatic heterocycles. The van der Waals surface area contributed by atoms with Gasteiger partial charge in [0.05, 0.1) is 23.5 Å². The number of carbonyl (C=O) groups excluding carboxylic acids is 2. The molecule has 0 aliphatic carbocycles. The maximum atomic E-state index is 12.3. The predicted molar refractivity (Wildman–Crippen MR) is 104 cm³/mol. The molecule has 0 spiro atoms. The molecule has 7 nitrogen and oxygen atoms in total. The summed E-state index contributed by atoms with van der Waals surface area (Å²) in [4.78, 5) is 35.6. The third-order valence-electron chi connectivity index (χ3n) is 5.35. The fourth-order valence-corrected chi connectivity index (χ4v) is 3.84. The third-order valence-corrected chi connectivity index (χ3v) is 5.35. The second kappa shape index (κ2) is 8.56. The molecule has 2 aliphatic rings. The molecule has 28 heavy (non-hydrogen) atoms. The van der Waals surface area contributed by atoms with Gasteiger partial charge in [-0.05, 0) is 50.9 Å². The zero-order valence-electron chi connectivity index (χ0n) is 16.0. The van der Waals surface area contributed by atoms with Gasteiger partial charge < -0.3 is 4.84 Å². The van der Waals surface area contributed by atoms with Gasteiger partial charge in [-0.1, -0.05) is 18.6 Å². The number of fused-ring (bicyclic) bond motifs is 1. The molecule has 2 aromatic rings. The molecule has 0 N–H and O–H groups in total. The quantitative estimate of drug-likeness (QED) is 0.518. The number of piperidine rings is 1. The lowest BCUT2D eigenvalue weighted by Crippen LogP contribution is -2.31. The summed E-state index contributed by atoms with van der Waals surface area (Å²) >= 11 is 0. The van der Waals surface area contributed by atoms with Crippen LogP contribution in [-0.4, -0.2) is 57.8 Å². The SMILES string of the molecule is O=C1c2ccccc2C(=O)N1CCCCOn1cc(CN2CCCCC2)cn1. The minimum absolute atomic E-state index is 0.198. The molecule has 148 valence electrons. The van der Waals surface area contributed by atoms with Crippen LogP contribution in [0.2, 0.25) is 0 Å². The van der Waals surface area contributed by atoms with Gasteiger partial charge in [-0.25, -0.2) is 0 Å². The first-order valence-corrected chi connectivity index (χ1v) is 10.1. The van der Waals surface area contributed by atoms with E-state index in [2.05, 4.69) is 10.00 Å². The number of amides is 2. The van der Waals surface area contributed by atoms with Crippen molar-refractivity contribution in [3.05, 3.63) is 53.3 Å². The van der Waals surface area contributed by atoms with Crippen LogP contribution in [-0.2, 0) is 6.54 Å². The van der Waals surface area contributed by atoms with E-state index in [1.54, 1.807) is 24.3 Å². The van der Waals surface area contributed by atoms with Crippen molar-refractivity contribution in [1.82, 2.24) is 19.7 Å². The van der Waals surface area contributed by atoms with Crippen molar-refractivity contribution in [3.8, 4) is 0 Å². The normalized spacial score (nSPS) is 17.2. The Morgan fingerprint density at radius 2 is 1.68 bits per heavy atom. The van der Waals surface area contributed by atoms with E-state index in [9.17, 15) is 9.59 Å². The topological polar surface area (TPSA) is 67.7 Å². The van der Waals surface area contributed by atoms with Crippen LogP contribution in [0.15, 0.2) is 36.7 Å². The lowest BCUT2D eigenvalue weighted by Gasteiger charge is -2.25. The van der Waals surface area contributed by atoms with Crippen LogP contribution < -0.4 is 4.84 Å². The standard InChI is InChI=1S/C21H26N4O3/c26-20-18-8-2-3-9-19(18)21(27)24(20)12-6-7-13-28-25-16-17(14-22-25)15-23-10-4-1-5-11-23/h2-3,8-9,14,16H,1,4-7,10-13,15H2. The summed E-state index contributed by atoms with van der Waals surface area (Å²) in [6, 6.07) is 6.98. The van der Waals surface area contributed by atoms with Crippen molar-refractivity contribution in [2.75, 3.05) is 26.2 Å². The third kappa shape index (κ3) is 4.09. The van der Waals surface area contributed by atoms with Crippen molar-refractivity contribution >= 4 is 11.8 Å². The van der Waals surface area contributed by atoms with E-state index in [4.69, 9.17) is 4.84 Å². The van der Waals surface area contributed by atoms with Gasteiger partial charge in [-0.3, -0.25) is 19.4 Å². The largest absolute Gasteiger partial charge is 0.397 e. The van der Waals surface area contributed by atoms with Crippen LogP contribution in [0.3, 0.4) is 0 Å².